The molecule has 0 amide bonds. The molecule has 1 aromatic carbocycles. The highest BCUT2D eigenvalue weighted by molar-refractivity contribution is 5.79. The summed E-state index contributed by atoms with van der Waals surface area (Å²) in [6, 6.07) is 8.19. The van der Waals surface area contributed by atoms with Gasteiger partial charge < -0.3 is 24.8 Å². The second-order valence-corrected chi connectivity index (χ2v) is 7.36. The van der Waals surface area contributed by atoms with Crippen LogP contribution in [0.5, 0.6) is 5.75 Å². The van der Waals surface area contributed by atoms with Crippen LogP contribution in [0.4, 0.5) is 0 Å². The van der Waals surface area contributed by atoms with E-state index in [0.717, 1.165) is 70.7 Å². The zero-order chi connectivity index (χ0) is 19.3. The topological polar surface area (TPSA) is 64.1 Å². The van der Waals surface area contributed by atoms with Crippen LogP contribution >= 0.6 is 0 Å². The largest absolute Gasteiger partial charge is 0.493 e. The van der Waals surface area contributed by atoms with Crippen molar-refractivity contribution < 1.29 is 14.2 Å². The summed E-state index contributed by atoms with van der Waals surface area (Å²) in [7, 11) is 1.79. The fourth-order valence-corrected chi connectivity index (χ4v) is 2.72. The van der Waals surface area contributed by atoms with Crippen molar-refractivity contribution in [1.82, 2.24) is 10.6 Å². The Kier molecular flexibility index (Phi) is 10.0. The molecule has 1 atom stereocenters. The van der Waals surface area contributed by atoms with Crippen molar-refractivity contribution in [2.75, 3.05) is 46.6 Å². The van der Waals surface area contributed by atoms with E-state index in [-0.39, 0.29) is 0 Å². The number of nitrogens with one attached hydrogen (secondary N) is 2. The lowest BCUT2D eigenvalue weighted by atomic mass is 10.1. The van der Waals surface area contributed by atoms with E-state index in [4.69, 9.17) is 14.2 Å². The van der Waals surface area contributed by atoms with Gasteiger partial charge in [-0.05, 0) is 36.5 Å². The summed E-state index contributed by atoms with van der Waals surface area (Å²) in [5.41, 5.74) is 1.19. The van der Waals surface area contributed by atoms with E-state index in [0.29, 0.717) is 11.8 Å². The molecule has 0 radical (unpaired) electrons. The van der Waals surface area contributed by atoms with Crippen LogP contribution in [0.3, 0.4) is 0 Å². The first kappa shape index (κ1) is 21.5. The fourth-order valence-electron chi connectivity index (χ4n) is 2.72. The minimum absolute atomic E-state index is 0.530. The smallest absolute Gasteiger partial charge is 0.191 e. The number of ether oxygens (including phenoxy) is 3. The third-order valence-corrected chi connectivity index (χ3v) is 4.33. The Hall–Kier alpha value is -1.79. The van der Waals surface area contributed by atoms with E-state index in [2.05, 4.69) is 41.6 Å². The van der Waals surface area contributed by atoms with E-state index < -0.39 is 0 Å². The summed E-state index contributed by atoms with van der Waals surface area (Å²) >= 11 is 0. The van der Waals surface area contributed by atoms with Crippen molar-refractivity contribution in [1.29, 1.82) is 0 Å². The summed E-state index contributed by atoms with van der Waals surface area (Å²) in [6.45, 7) is 9.89. The van der Waals surface area contributed by atoms with Crippen molar-refractivity contribution in [3.8, 4) is 5.75 Å². The van der Waals surface area contributed by atoms with E-state index in [9.17, 15) is 0 Å². The van der Waals surface area contributed by atoms with Gasteiger partial charge in [0.2, 0.25) is 0 Å². The number of guanidine groups is 1. The Balaban J connectivity index is 1.56. The Morgan fingerprint density at radius 2 is 2.07 bits per heavy atom. The molecule has 1 heterocycles. The molecule has 1 fully saturated rings. The van der Waals surface area contributed by atoms with Gasteiger partial charge in [0, 0.05) is 39.3 Å². The third kappa shape index (κ3) is 9.11. The molecule has 1 aromatic rings. The average Bonchev–Trinajstić information content (AvgIpc) is 3.19. The highest BCUT2D eigenvalue weighted by atomic mass is 16.5. The molecule has 0 aliphatic carbocycles. The van der Waals surface area contributed by atoms with E-state index in [1.165, 1.54) is 5.56 Å². The summed E-state index contributed by atoms with van der Waals surface area (Å²) in [6.07, 6.45) is 2.08. The number of benzene rings is 1. The fraction of sp³-hybridized carbons (Fsp3) is 0.667. The zero-order valence-corrected chi connectivity index (χ0v) is 17.0. The van der Waals surface area contributed by atoms with Gasteiger partial charge >= 0.3 is 0 Å². The second kappa shape index (κ2) is 12.6. The quantitative estimate of drug-likeness (QED) is 0.353. The van der Waals surface area contributed by atoms with Gasteiger partial charge in [-0.1, -0.05) is 26.0 Å². The van der Waals surface area contributed by atoms with Gasteiger partial charge in [0.05, 0.1) is 19.8 Å². The van der Waals surface area contributed by atoms with Gasteiger partial charge in [0.25, 0.3) is 0 Å². The Morgan fingerprint density at radius 1 is 1.26 bits per heavy atom. The van der Waals surface area contributed by atoms with Crippen molar-refractivity contribution in [2.45, 2.75) is 33.2 Å². The highest BCUT2D eigenvalue weighted by Crippen LogP contribution is 2.13. The molecule has 0 bridgehead atoms. The number of rotatable bonds is 11. The predicted molar refractivity (Wildman–Crippen MR) is 109 cm³/mol. The molecule has 6 heteroatoms. The van der Waals surface area contributed by atoms with Crippen LogP contribution in [-0.2, 0) is 16.0 Å². The van der Waals surface area contributed by atoms with Crippen molar-refractivity contribution in [3.05, 3.63) is 29.8 Å². The van der Waals surface area contributed by atoms with Crippen LogP contribution in [0.25, 0.3) is 0 Å². The minimum Gasteiger partial charge on any atom is -0.493 e. The number of aliphatic imine (C=N–C) groups is 1. The monoisotopic (exact) mass is 377 g/mol. The maximum Gasteiger partial charge on any atom is 0.191 e. The van der Waals surface area contributed by atoms with Crippen LogP contribution in [0.1, 0.15) is 32.3 Å². The van der Waals surface area contributed by atoms with Gasteiger partial charge in [0.1, 0.15) is 5.75 Å². The summed E-state index contributed by atoms with van der Waals surface area (Å²) in [5.74, 6) is 2.83. The van der Waals surface area contributed by atoms with Gasteiger partial charge in [-0.15, -0.1) is 0 Å². The lowest BCUT2D eigenvalue weighted by Crippen LogP contribution is -2.37. The summed E-state index contributed by atoms with van der Waals surface area (Å²) < 4.78 is 16.8. The third-order valence-electron chi connectivity index (χ3n) is 4.33. The van der Waals surface area contributed by atoms with Crippen molar-refractivity contribution in [2.24, 2.45) is 16.8 Å². The van der Waals surface area contributed by atoms with Gasteiger partial charge in [-0.2, -0.15) is 0 Å². The maximum atomic E-state index is 5.72. The Morgan fingerprint density at radius 3 is 2.74 bits per heavy atom. The molecule has 152 valence electrons. The number of hydrogen-bond acceptors (Lipinski definition) is 4. The first-order valence-corrected chi connectivity index (χ1v) is 9.99. The lowest BCUT2D eigenvalue weighted by Gasteiger charge is -2.13. The molecular weight excluding hydrogens is 342 g/mol. The highest BCUT2D eigenvalue weighted by Gasteiger charge is 2.15. The van der Waals surface area contributed by atoms with Crippen molar-refractivity contribution >= 4 is 5.96 Å². The van der Waals surface area contributed by atoms with E-state index >= 15 is 0 Å². The van der Waals surface area contributed by atoms with Crippen LogP contribution in [-0.4, -0.2) is 52.6 Å². The molecule has 1 unspecified atom stereocenters. The molecule has 0 spiro atoms. The maximum absolute atomic E-state index is 5.72. The normalized spacial score (nSPS) is 17.3. The van der Waals surface area contributed by atoms with Crippen LogP contribution < -0.4 is 15.4 Å². The molecule has 0 saturated carbocycles. The summed E-state index contributed by atoms with van der Waals surface area (Å²) in [4.78, 5) is 4.26. The minimum atomic E-state index is 0.530. The van der Waals surface area contributed by atoms with Gasteiger partial charge in [0.15, 0.2) is 5.96 Å². The zero-order valence-electron chi connectivity index (χ0n) is 17.0. The molecule has 1 aliphatic rings. The van der Waals surface area contributed by atoms with E-state index in [1.54, 1.807) is 7.05 Å². The molecule has 2 N–H and O–H groups in total. The first-order chi connectivity index (χ1) is 13.2. The molecule has 6 nitrogen and oxygen atoms in total. The lowest BCUT2D eigenvalue weighted by molar-refractivity contribution is 0.0888. The van der Waals surface area contributed by atoms with Gasteiger partial charge in [-0.3, -0.25) is 4.99 Å². The molecular formula is C21H35N3O3. The molecule has 1 aliphatic heterocycles. The predicted octanol–water partition coefficient (Wildman–Crippen LogP) is 2.83. The van der Waals surface area contributed by atoms with Crippen LogP contribution in [0.2, 0.25) is 0 Å². The van der Waals surface area contributed by atoms with Gasteiger partial charge in [-0.25, -0.2) is 0 Å². The van der Waals surface area contributed by atoms with Crippen LogP contribution in [0.15, 0.2) is 29.3 Å². The standard InChI is InChI=1S/C21H35N3O3/c1-17(2)14-27-20-7-5-18(6-8-20)13-24-21(22-3)23-10-4-11-25-15-19-9-12-26-16-19/h5-8,17,19H,4,9-16H2,1-3H3,(H2,22,23,24). The number of hydrogen-bond donors (Lipinski definition) is 2. The first-order valence-electron chi connectivity index (χ1n) is 9.99. The molecule has 27 heavy (non-hydrogen) atoms. The van der Waals surface area contributed by atoms with Crippen LogP contribution in [0, 0.1) is 11.8 Å². The average molecular weight is 378 g/mol. The molecule has 0 aromatic heterocycles. The Labute approximate surface area is 163 Å². The van der Waals surface area contributed by atoms with Crippen molar-refractivity contribution in [3.63, 3.8) is 0 Å². The second-order valence-electron chi connectivity index (χ2n) is 7.36. The SMILES string of the molecule is CN=C(NCCCOCC1CCOC1)NCc1ccc(OCC(C)C)cc1. The molecule has 2 rings (SSSR count). The molecule has 1 saturated heterocycles. The Bertz CT molecular complexity index is 540. The van der Waals surface area contributed by atoms with E-state index in [1.807, 2.05) is 12.1 Å². The number of nitrogens with zero attached hydrogens (tertiary/aromatic N) is 1. The summed E-state index contributed by atoms with van der Waals surface area (Å²) in [5, 5.41) is 6.65.